The zero-order valence-electron chi connectivity index (χ0n) is 12.2. The van der Waals surface area contributed by atoms with Gasteiger partial charge in [0.1, 0.15) is 6.61 Å². The Hall–Kier alpha value is -1.69. The Bertz CT molecular complexity index is 424. The van der Waals surface area contributed by atoms with Crippen molar-refractivity contribution in [3.8, 4) is 0 Å². The molecule has 0 aliphatic heterocycles. The van der Waals surface area contributed by atoms with Gasteiger partial charge in [-0.3, -0.25) is 4.79 Å². The number of hydrogen-bond donors (Lipinski definition) is 1. The highest BCUT2D eigenvalue weighted by atomic mass is 19.3. The Balaban J connectivity index is 2.47. The molecule has 1 amide bonds. The lowest BCUT2D eigenvalue weighted by atomic mass is 10.2. The number of carbonyl (C=O) groups excluding carboxylic acids is 1. The lowest BCUT2D eigenvalue weighted by molar-refractivity contribution is -0.133. The van der Waals surface area contributed by atoms with E-state index in [2.05, 4.69) is 0 Å². The molecule has 0 aliphatic rings. The van der Waals surface area contributed by atoms with Crippen LogP contribution in [0.15, 0.2) is 24.3 Å². The normalized spacial score (nSPS) is 10.9. The SMILES string of the molecule is CCCN(Cc1ccc(N)cc1)C(=O)CCOCC(F)F. The van der Waals surface area contributed by atoms with E-state index < -0.39 is 13.0 Å². The number of carbonyl (C=O) groups is 1. The highest BCUT2D eigenvalue weighted by Gasteiger charge is 2.13. The van der Waals surface area contributed by atoms with Gasteiger partial charge in [0.25, 0.3) is 6.43 Å². The molecule has 0 aliphatic carbocycles. The number of rotatable bonds is 9. The van der Waals surface area contributed by atoms with Gasteiger partial charge in [0.05, 0.1) is 13.0 Å². The van der Waals surface area contributed by atoms with Crippen molar-refractivity contribution in [2.75, 3.05) is 25.5 Å². The van der Waals surface area contributed by atoms with Gasteiger partial charge >= 0.3 is 0 Å². The van der Waals surface area contributed by atoms with E-state index in [4.69, 9.17) is 10.5 Å². The van der Waals surface area contributed by atoms with Crippen LogP contribution in [0, 0.1) is 0 Å². The second-order valence-electron chi connectivity index (χ2n) is 4.77. The van der Waals surface area contributed by atoms with Crippen LogP contribution in [0.5, 0.6) is 0 Å². The van der Waals surface area contributed by atoms with Crippen LogP contribution in [0.4, 0.5) is 14.5 Å². The monoisotopic (exact) mass is 300 g/mol. The fourth-order valence-corrected chi connectivity index (χ4v) is 1.90. The fourth-order valence-electron chi connectivity index (χ4n) is 1.90. The van der Waals surface area contributed by atoms with Crippen molar-refractivity contribution < 1.29 is 18.3 Å². The summed E-state index contributed by atoms with van der Waals surface area (Å²) in [6.07, 6.45) is -1.55. The maximum atomic E-state index is 12.1. The average molecular weight is 300 g/mol. The van der Waals surface area contributed by atoms with E-state index in [0.29, 0.717) is 18.8 Å². The van der Waals surface area contributed by atoms with E-state index in [9.17, 15) is 13.6 Å². The van der Waals surface area contributed by atoms with Crippen molar-refractivity contribution in [1.82, 2.24) is 4.90 Å². The summed E-state index contributed by atoms with van der Waals surface area (Å²) in [5, 5.41) is 0. The van der Waals surface area contributed by atoms with E-state index in [1.165, 1.54) is 0 Å². The maximum Gasteiger partial charge on any atom is 0.261 e. The number of nitrogens with zero attached hydrogens (tertiary/aromatic N) is 1. The first kappa shape index (κ1) is 17.4. The summed E-state index contributed by atoms with van der Waals surface area (Å²) in [4.78, 5) is 13.8. The summed E-state index contributed by atoms with van der Waals surface area (Å²) in [7, 11) is 0. The van der Waals surface area contributed by atoms with Gasteiger partial charge in [-0.1, -0.05) is 19.1 Å². The average Bonchev–Trinajstić information content (AvgIpc) is 2.45. The third kappa shape index (κ3) is 7.04. The molecule has 6 heteroatoms. The summed E-state index contributed by atoms with van der Waals surface area (Å²) in [5.41, 5.74) is 7.28. The minimum atomic E-state index is -2.50. The molecule has 1 rings (SSSR count). The van der Waals surface area contributed by atoms with Crippen LogP contribution in [0.2, 0.25) is 0 Å². The molecule has 0 saturated carbocycles. The molecule has 1 aromatic rings. The lowest BCUT2D eigenvalue weighted by Gasteiger charge is -2.22. The predicted molar refractivity (Wildman–Crippen MR) is 78.0 cm³/mol. The van der Waals surface area contributed by atoms with Gasteiger partial charge in [0.2, 0.25) is 5.91 Å². The molecule has 2 N–H and O–H groups in total. The van der Waals surface area contributed by atoms with Gasteiger partial charge < -0.3 is 15.4 Å². The molecule has 4 nitrogen and oxygen atoms in total. The Morgan fingerprint density at radius 1 is 1.33 bits per heavy atom. The first-order chi connectivity index (χ1) is 10.0. The van der Waals surface area contributed by atoms with Crippen molar-refractivity contribution >= 4 is 11.6 Å². The highest BCUT2D eigenvalue weighted by Crippen LogP contribution is 2.10. The van der Waals surface area contributed by atoms with Gasteiger partial charge in [-0.15, -0.1) is 0 Å². The smallest absolute Gasteiger partial charge is 0.261 e. The summed E-state index contributed by atoms with van der Waals surface area (Å²) < 4.78 is 28.6. The number of nitrogen functional groups attached to an aromatic ring is 1. The van der Waals surface area contributed by atoms with Gasteiger partial charge in [0, 0.05) is 18.8 Å². The van der Waals surface area contributed by atoms with E-state index in [-0.39, 0.29) is 18.9 Å². The van der Waals surface area contributed by atoms with Gasteiger partial charge in [-0.25, -0.2) is 8.78 Å². The molecule has 0 saturated heterocycles. The summed E-state index contributed by atoms with van der Waals surface area (Å²) in [6.45, 7) is 2.49. The van der Waals surface area contributed by atoms with Gasteiger partial charge in [0.15, 0.2) is 0 Å². The first-order valence-corrected chi connectivity index (χ1v) is 7.01. The quantitative estimate of drug-likeness (QED) is 0.563. The van der Waals surface area contributed by atoms with E-state index in [0.717, 1.165) is 12.0 Å². The van der Waals surface area contributed by atoms with Crippen LogP contribution >= 0.6 is 0 Å². The molecular weight excluding hydrogens is 278 g/mol. The largest absolute Gasteiger partial charge is 0.399 e. The summed E-state index contributed by atoms with van der Waals surface area (Å²) in [6, 6.07) is 7.32. The van der Waals surface area contributed by atoms with Crippen LogP contribution in [0.1, 0.15) is 25.3 Å². The Labute approximate surface area is 123 Å². The topological polar surface area (TPSA) is 55.6 Å². The van der Waals surface area contributed by atoms with Crippen molar-refractivity contribution in [3.63, 3.8) is 0 Å². The van der Waals surface area contributed by atoms with Crippen LogP contribution < -0.4 is 5.73 Å². The Kier molecular flexibility index (Phi) is 7.68. The highest BCUT2D eigenvalue weighted by molar-refractivity contribution is 5.76. The van der Waals surface area contributed by atoms with Gasteiger partial charge in [-0.05, 0) is 24.1 Å². The number of alkyl halides is 2. The van der Waals surface area contributed by atoms with Crippen molar-refractivity contribution in [1.29, 1.82) is 0 Å². The Morgan fingerprint density at radius 2 is 2.00 bits per heavy atom. The first-order valence-electron chi connectivity index (χ1n) is 7.01. The van der Waals surface area contributed by atoms with E-state index in [1.807, 2.05) is 19.1 Å². The molecule has 118 valence electrons. The van der Waals surface area contributed by atoms with Crippen LogP contribution in [0.25, 0.3) is 0 Å². The zero-order chi connectivity index (χ0) is 15.7. The number of amides is 1. The van der Waals surface area contributed by atoms with Crippen LogP contribution in [0.3, 0.4) is 0 Å². The third-order valence-electron chi connectivity index (χ3n) is 2.90. The lowest BCUT2D eigenvalue weighted by Crippen LogP contribution is -2.32. The second kappa shape index (κ2) is 9.28. The molecule has 0 fully saturated rings. The van der Waals surface area contributed by atoms with Crippen LogP contribution in [-0.2, 0) is 16.1 Å². The molecular formula is C15H22F2N2O2. The number of halogens is 2. The zero-order valence-corrected chi connectivity index (χ0v) is 12.2. The molecule has 0 bridgehead atoms. The summed E-state index contributed by atoms with van der Waals surface area (Å²) in [5.74, 6) is -0.0945. The number of hydrogen-bond acceptors (Lipinski definition) is 3. The molecule has 0 aromatic heterocycles. The molecule has 0 atom stereocenters. The van der Waals surface area contributed by atoms with Gasteiger partial charge in [-0.2, -0.15) is 0 Å². The standard InChI is InChI=1S/C15H22F2N2O2/c1-2-8-19(10-12-3-5-13(18)6-4-12)15(20)7-9-21-11-14(16)17/h3-6,14H,2,7-11,18H2,1H3. The molecule has 0 radical (unpaired) electrons. The molecule has 0 unspecified atom stereocenters. The molecule has 0 heterocycles. The number of anilines is 1. The fraction of sp³-hybridized carbons (Fsp3) is 0.533. The maximum absolute atomic E-state index is 12.1. The molecule has 1 aromatic carbocycles. The minimum Gasteiger partial charge on any atom is -0.399 e. The van der Waals surface area contributed by atoms with E-state index in [1.54, 1.807) is 17.0 Å². The van der Waals surface area contributed by atoms with Crippen molar-refractivity contribution in [2.24, 2.45) is 0 Å². The van der Waals surface area contributed by atoms with Crippen LogP contribution in [-0.4, -0.2) is 37.0 Å². The number of ether oxygens (including phenoxy) is 1. The van der Waals surface area contributed by atoms with E-state index >= 15 is 0 Å². The predicted octanol–water partition coefficient (Wildman–Crippen LogP) is 2.68. The molecule has 0 spiro atoms. The van der Waals surface area contributed by atoms with Crippen molar-refractivity contribution in [2.45, 2.75) is 32.7 Å². The van der Waals surface area contributed by atoms with Crippen molar-refractivity contribution in [3.05, 3.63) is 29.8 Å². The Morgan fingerprint density at radius 3 is 2.57 bits per heavy atom. The third-order valence-corrected chi connectivity index (χ3v) is 2.90. The summed E-state index contributed by atoms with van der Waals surface area (Å²) >= 11 is 0. The number of benzene rings is 1. The number of nitrogens with two attached hydrogens (primary N) is 1. The molecule has 21 heavy (non-hydrogen) atoms. The second-order valence-corrected chi connectivity index (χ2v) is 4.77. The minimum absolute atomic E-state index is 0.0190.